The van der Waals surface area contributed by atoms with Crippen molar-refractivity contribution in [2.75, 3.05) is 5.84 Å². The first-order valence-electron chi connectivity index (χ1n) is 9.18. The Labute approximate surface area is 166 Å². The van der Waals surface area contributed by atoms with Crippen molar-refractivity contribution in [2.24, 2.45) is 0 Å². The number of halogens is 1. The lowest BCUT2D eigenvalue weighted by molar-refractivity contribution is -0.119. The molecule has 1 saturated carbocycles. The molecule has 1 aromatic carbocycles. The van der Waals surface area contributed by atoms with Crippen molar-refractivity contribution in [3.8, 4) is 11.4 Å². The fraction of sp³-hybridized carbons (Fsp3) is 0.444. The molecule has 28 heavy (non-hydrogen) atoms. The molecule has 8 nitrogen and oxygen atoms in total. The smallest absolute Gasteiger partial charge is 0.321 e. The van der Waals surface area contributed by atoms with Crippen LogP contribution in [0.4, 0.5) is 9.18 Å². The van der Waals surface area contributed by atoms with E-state index in [0.29, 0.717) is 16.5 Å². The molecule has 0 radical (unpaired) electrons. The Bertz CT molecular complexity index is 835. The molecular formula is C18H23FN6O2S. The van der Waals surface area contributed by atoms with E-state index >= 15 is 0 Å². The molecule has 1 aliphatic carbocycles. The van der Waals surface area contributed by atoms with Crippen LogP contribution in [0.5, 0.6) is 0 Å². The van der Waals surface area contributed by atoms with Gasteiger partial charge in [0.25, 0.3) is 0 Å². The number of imide groups is 1. The molecule has 2 aromatic rings. The molecule has 1 fully saturated rings. The highest BCUT2D eigenvalue weighted by atomic mass is 32.2. The van der Waals surface area contributed by atoms with Crippen LogP contribution in [0, 0.1) is 5.82 Å². The lowest BCUT2D eigenvalue weighted by Gasteiger charge is -2.22. The summed E-state index contributed by atoms with van der Waals surface area (Å²) in [6.45, 7) is 1.65. The van der Waals surface area contributed by atoms with Crippen LogP contribution in [0.3, 0.4) is 0 Å². The van der Waals surface area contributed by atoms with Crippen molar-refractivity contribution in [3.05, 3.63) is 30.1 Å². The van der Waals surface area contributed by atoms with Gasteiger partial charge in [-0.05, 0) is 44.0 Å². The number of thioether (sulfide) groups is 1. The minimum absolute atomic E-state index is 0.120. The third-order valence-electron chi connectivity index (χ3n) is 4.60. The van der Waals surface area contributed by atoms with E-state index in [1.54, 1.807) is 19.1 Å². The fourth-order valence-corrected chi connectivity index (χ4v) is 3.82. The van der Waals surface area contributed by atoms with Gasteiger partial charge in [-0.1, -0.05) is 31.0 Å². The standard InChI is InChI=1S/C18H23FN6O2S/c1-11(16(26)22-17(27)21-14-5-3-2-4-6-14)28-18-24-23-15(25(18)20)12-7-9-13(19)10-8-12/h7-11,14H,2-6,20H2,1H3,(H2,21,22,26,27)/t11-/m0/s1. The van der Waals surface area contributed by atoms with Crippen LogP contribution in [0.25, 0.3) is 11.4 Å². The topological polar surface area (TPSA) is 115 Å². The first kappa shape index (κ1) is 20.1. The number of aromatic nitrogens is 3. The molecule has 3 rings (SSSR count). The molecule has 150 valence electrons. The van der Waals surface area contributed by atoms with E-state index in [1.165, 1.54) is 23.2 Å². The first-order chi connectivity index (χ1) is 13.4. The summed E-state index contributed by atoms with van der Waals surface area (Å²) in [6, 6.07) is 5.34. The molecule has 0 aliphatic heterocycles. The average Bonchev–Trinajstić information content (AvgIpc) is 3.03. The Morgan fingerprint density at radius 3 is 2.57 bits per heavy atom. The zero-order valence-electron chi connectivity index (χ0n) is 15.5. The van der Waals surface area contributed by atoms with Crippen molar-refractivity contribution >= 4 is 23.7 Å². The molecule has 0 bridgehead atoms. The summed E-state index contributed by atoms with van der Waals surface area (Å²) in [5.41, 5.74) is 0.604. The molecule has 10 heteroatoms. The van der Waals surface area contributed by atoms with Gasteiger partial charge in [0.15, 0.2) is 5.82 Å². The van der Waals surface area contributed by atoms with Crippen molar-refractivity contribution in [3.63, 3.8) is 0 Å². The summed E-state index contributed by atoms with van der Waals surface area (Å²) >= 11 is 1.08. The van der Waals surface area contributed by atoms with Gasteiger partial charge in [-0.3, -0.25) is 10.1 Å². The van der Waals surface area contributed by atoms with E-state index in [-0.39, 0.29) is 11.9 Å². The first-order valence-corrected chi connectivity index (χ1v) is 10.1. The predicted molar refractivity (Wildman–Crippen MR) is 104 cm³/mol. The van der Waals surface area contributed by atoms with Crippen molar-refractivity contribution in [2.45, 2.75) is 55.5 Å². The monoisotopic (exact) mass is 406 g/mol. The van der Waals surface area contributed by atoms with Gasteiger partial charge in [-0.2, -0.15) is 0 Å². The second kappa shape index (κ2) is 9.05. The van der Waals surface area contributed by atoms with Crippen LogP contribution in [-0.4, -0.2) is 38.1 Å². The largest absolute Gasteiger partial charge is 0.335 e. The predicted octanol–water partition coefficient (Wildman–Crippen LogP) is 2.44. The lowest BCUT2D eigenvalue weighted by Crippen LogP contribution is -2.47. The average molecular weight is 406 g/mol. The van der Waals surface area contributed by atoms with E-state index < -0.39 is 17.2 Å². The van der Waals surface area contributed by atoms with Crippen LogP contribution >= 0.6 is 11.8 Å². The Hall–Kier alpha value is -2.62. The highest BCUT2D eigenvalue weighted by molar-refractivity contribution is 8.00. The van der Waals surface area contributed by atoms with Crippen LogP contribution in [0.1, 0.15) is 39.0 Å². The van der Waals surface area contributed by atoms with Gasteiger partial charge in [0.1, 0.15) is 5.82 Å². The second-order valence-corrected chi connectivity index (χ2v) is 8.05. The number of hydrogen-bond donors (Lipinski definition) is 3. The van der Waals surface area contributed by atoms with E-state index in [0.717, 1.165) is 37.4 Å². The molecule has 1 heterocycles. The molecule has 0 saturated heterocycles. The summed E-state index contributed by atoms with van der Waals surface area (Å²) in [5, 5.41) is 12.9. The maximum Gasteiger partial charge on any atom is 0.321 e. The number of benzene rings is 1. The fourth-order valence-electron chi connectivity index (χ4n) is 3.05. The second-order valence-electron chi connectivity index (χ2n) is 6.74. The van der Waals surface area contributed by atoms with Gasteiger partial charge in [0.05, 0.1) is 5.25 Å². The van der Waals surface area contributed by atoms with Gasteiger partial charge in [-0.25, -0.2) is 13.9 Å². The number of hydrogen-bond acceptors (Lipinski definition) is 6. The molecule has 0 spiro atoms. The number of amides is 3. The number of urea groups is 1. The maximum atomic E-state index is 13.1. The Morgan fingerprint density at radius 2 is 1.89 bits per heavy atom. The van der Waals surface area contributed by atoms with E-state index in [4.69, 9.17) is 5.84 Å². The SMILES string of the molecule is C[C@H](Sc1nnc(-c2ccc(F)cc2)n1N)C(=O)NC(=O)NC1CCCCC1. The third kappa shape index (κ3) is 5.00. The molecule has 1 aliphatic rings. The zero-order chi connectivity index (χ0) is 20.1. The van der Waals surface area contributed by atoms with E-state index in [9.17, 15) is 14.0 Å². The van der Waals surface area contributed by atoms with Crippen LogP contribution in [0.2, 0.25) is 0 Å². The van der Waals surface area contributed by atoms with Crippen molar-refractivity contribution in [1.29, 1.82) is 0 Å². The summed E-state index contributed by atoms with van der Waals surface area (Å²) in [4.78, 5) is 24.3. The third-order valence-corrected chi connectivity index (χ3v) is 5.65. The lowest BCUT2D eigenvalue weighted by atomic mass is 9.96. The van der Waals surface area contributed by atoms with Gasteiger partial charge in [0, 0.05) is 11.6 Å². The van der Waals surface area contributed by atoms with E-state index in [2.05, 4.69) is 20.8 Å². The van der Waals surface area contributed by atoms with Crippen LogP contribution < -0.4 is 16.5 Å². The summed E-state index contributed by atoms with van der Waals surface area (Å²) in [7, 11) is 0. The van der Waals surface area contributed by atoms with Gasteiger partial charge < -0.3 is 11.2 Å². The minimum Gasteiger partial charge on any atom is -0.335 e. The van der Waals surface area contributed by atoms with Crippen molar-refractivity contribution in [1.82, 2.24) is 25.5 Å². The summed E-state index contributed by atoms with van der Waals surface area (Å²) in [5.74, 6) is 5.56. The van der Waals surface area contributed by atoms with Crippen LogP contribution in [-0.2, 0) is 4.79 Å². The number of nitrogens with one attached hydrogen (secondary N) is 2. The van der Waals surface area contributed by atoms with Crippen LogP contribution in [0.15, 0.2) is 29.4 Å². The Morgan fingerprint density at radius 1 is 1.21 bits per heavy atom. The molecule has 4 N–H and O–H groups in total. The number of nitrogens with two attached hydrogens (primary N) is 1. The number of nitrogens with zero attached hydrogens (tertiary/aromatic N) is 3. The maximum absolute atomic E-state index is 13.1. The number of carbonyl (C=O) groups is 2. The number of rotatable bonds is 5. The molecule has 1 atom stereocenters. The highest BCUT2D eigenvalue weighted by Gasteiger charge is 2.23. The van der Waals surface area contributed by atoms with Crippen molar-refractivity contribution < 1.29 is 14.0 Å². The molecular weight excluding hydrogens is 383 g/mol. The zero-order valence-corrected chi connectivity index (χ0v) is 16.3. The number of nitrogen functional groups attached to an aromatic ring is 1. The molecule has 1 aromatic heterocycles. The summed E-state index contributed by atoms with van der Waals surface area (Å²) in [6.07, 6.45) is 5.25. The number of carbonyl (C=O) groups excluding carboxylic acids is 2. The molecule has 3 amide bonds. The minimum atomic E-state index is -0.607. The highest BCUT2D eigenvalue weighted by Crippen LogP contribution is 2.25. The normalized spacial score (nSPS) is 15.8. The van der Waals surface area contributed by atoms with Gasteiger partial charge >= 0.3 is 6.03 Å². The Balaban J connectivity index is 1.56. The van der Waals surface area contributed by atoms with Gasteiger partial charge in [0.2, 0.25) is 11.1 Å². The summed E-state index contributed by atoms with van der Waals surface area (Å²) < 4.78 is 14.3. The van der Waals surface area contributed by atoms with Gasteiger partial charge in [-0.15, -0.1) is 10.2 Å². The quantitative estimate of drug-likeness (QED) is 0.519. The van der Waals surface area contributed by atoms with E-state index in [1.807, 2.05) is 0 Å². The molecule has 0 unspecified atom stereocenters. The Kier molecular flexibility index (Phi) is 6.50.